The minimum absolute atomic E-state index is 0.322. The average molecular weight is 369 g/mol. The van der Waals surface area contributed by atoms with Crippen LogP contribution in [0.4, 0.5) is 0 Å². The van der Waals surface area contributed by atoms with E-state index in [4.69, 9.17) is 14.2 Å². The highest BCUT2D eigenvalue weighted by Gasteiger charge is 2.39. The molecule has 0 saturated heterocycles. The number of fused-ring (bicyclic) bond motifs is 1. The van der Waals surface area contributed by atoms with Crippen molar-refractivity contribution in [3.05, 3.63) is 59.6 Å². The van der Waals surface area contributed by atoms with Gasteiger partial charge in [-0.15, -0.1) is 0 Å². The highest BCUT2D eigenvalue weighted by atomic mass is 16.6. The van der Waals surface area contributed by atoms with E-state index in [1.165, 1.54) is 10.8 Å². The predicted molar refractivity (Wildman–Crippen MR) is 89.4 cm³/mol. The largest absolute Gasteiger partial charge is 0.873 e. The summed E-state index contributed by atoms with van der Waals surface area (Å²) in [7, 11) is 2.20. The minimum atomic E-state index is -1.03. The van der Waals surface area contributed by atoms with E-state index in [1.54, 1.807) is 18.3 Å². The Labute approximate surface area is 153 Å². The zero-order valence-electron chi connectivity index (χ0n) is 14.6. The van der Waals surface area contributed by atoms with Gasteiger partial charge in [0.1, 0.15) is 6.61 Å². The van der Waals surface area contributed by atoms with Gasteiger partial charge in [-0.05, 0) is 11.5 Å². The van der Waals surface area contributed by atoms with E-state index in [0.29, 0.717) is 0 Å². The fraction of sp³-hybridized carbons (Fsp3) is 0.158. The highest BCUT2D eigenvalue weighted by molar-refractivity contribution is 6.21. The van der Waals surface area contributed by atoms with Crippen LogP contribution in [0.3, 0.4) is 0 Å². The van der Waals surface area contributed by atoms with Gasteiger partial charge in [0, 0.05) is 11.5 Å². The van der Waals surface area contributed by atoms with Gasteiger partial charge in [0.25, 0.3) is 0 Å². The number of methoxy groups -OCH3 is 2. The molecule has 0 N–H and O–H groups in total. The molecule has 0 unspecified atom stereocenters. The number of aromatic nitrogens is 1. The summed E-state index contributed by atoms with van der Waals surface area (Å²) >= 11 is 0. The monoisotopic (exact) mass is 369 g/mol. The van der Waals surface area contributed by atoms with Gasteiger partial charge in [-0.1, -0.05) is 24.0 Å². The minimum Gasteiger partial charge on any atom is -0.873 e. The molecule has 0 spiro atoms. The Hall–Kier alpha value is -3.68. The fourth-order valence-electron chi connectivity index (χ4n) is 2.76. The second-order valence-corrected chi connectivity index (χ2v) is 5.56. The van der Waals surface area contributed by atoms with Crippen molar-refractivity contribution in [3.8, 4) is 0 Å². The van der Waals surface area contributed by atoms with Crippen molar-refractivity contribution in [3.63, 3.8) is 0 Å². The van der Waals surface area contributed by atoms with Crippen molar-refractivity contribution >= 4 is 34.4 Å². The molecular weight excluding hydrogens is 354 g/mol. The number of pyridine rings is 1. The summed E-state index contributed by atoms with van der Waals surface area (Å²) in [4.78, 5) is 36.9. The van der Waals surface area contributed by atoms with Crippen LogP contribution >= 0.6 is 0 Å². The number of rotatable bonds is 4. The summed E-state index contributed by atoms with van der Waals surface area (Å²) in [6, 6.07) is 9.05. The van der Waals surface area contributed by atoms with Crippen molar-refractivity contribution in [2.24, 2.45) is 0 Å². The van der Waals surface area contributed by atoms with Crippen molar-refractivity contribution in [2.75, 3.05) is 20.8 Å². The van der Waals surface area contributed by atoms with Gasteiger partial charge in [-0.2, -0.15) is 4.57 Å². The summed E-state index contributed by atoms with van der Waals surface area (Å²) in [5.41, 5.74) is -1.36. The van der Waals surface area contributed by atoms with Crippen LogP contribution < -0.4 is 9.67 Å². The third-order valence-electron chi connectivity index (χ3n) is 4.02. The van der Waals surface area contributed by atoms with Crippen molar-refractivity contribution in [2.45, 2.75) is 0 Å². The number of hydrogen-bond acceptors (Lipinski definition) is 7. The molecule has 1 aliphatic rings. The molecule has 0 saturated carbocycles. The number of benzene rings is 1. The first-order chi connectivity index (χ1) is 13.0. The Morgan fingerprint density at radius 1 is 1.07 bits per heavy atom. The summed E-state index contributed by atoms with van der Waals surface area (Å²) < 4.78 is 15.5. The second-order valence-electron chi connectivity index (χ2n) is 5.56. The average Bonchev–Trinajstić information content (AvgIpc) is 3.02. The van der Waals surface area contributed by atoms with Crippen LogP contribution in [0, 0.1) is 0 Å². The molecule has 2 heterocycles. The maximum absolute atomic E-state index is 12.5. The van der Waals surface area contributed by atoms with Crippen LogP contribution in [-0.2, 0) is 28.6 Å². The first-order valence-electron chi connectivity index (χ1n) is 7.87. The standard InChI is InChI=1S/C19H15NO7/c1-25-17(22)15(14-13(21)10-27-18(14)23)16(19(24)26-2)20-8-7-11-5-3-4-6-12(11)9-20/h3-9H,10H2,1-2H3. The van der Waals surface area contributed by atoms with Crippen LogP contribution in [0.15, 0.2) is 59.6 Å². The van der Waals surface area contributed by atoms with E-state index in [1.807, 2.05) is 18.2 Å². The number of carbonyl (C=O) groups is 3. The number of hydrogen-bond donors (Lipinski definition) is 0. The lowest BCUT2D eigenvalue weighted by atomic mass is 10.0. The van der Waals surface area contributed by atoms with Crippen molar-refractivity contribution in [1.29, 1.82) is 0 Å². The Balaban J connectivity index is 2.35. The van der Waals surface area contributed by atoms with Crippen LogP contribution in [0.1, 0.15) is 0 Å². The van der Waals surface area contributed by atoms with Gasteiger partial charge >= 0.3 is 23.6 Å². The van der Waals surface area contributed by atoms with E-state index in [0.717, 1.165) is 25.0 Å². The molecule has 8 nitrogen and oxygen atoms in total. The lowest BCUT2D eigenvalue weighted by Gasteiger charge is -2.11. The van der Waals surface area contributed by atoms with E-state index in [2.05, 4.69) is 0 Å². The molecule has 0 aliphatic carbocycles. The summed E-state index contributed by atoms with van der Waals surface area (Å²) in [5, 5.41) is 13.8. The van der Waals surface area contributed by atoms with Gasteiger partial charge in [0.05, 0.1) is 19.8 Å². The third-order valence-corrected chi connectivity index (χ3v) is 4.02. The van der Waals surface area contributed by atoms with Crippen LogP contribution in [0.5, 0.6) is 0 Å². The van der Waals surface area contributed by atoms with Gasteiger partial charge in [0.2, 0.25) is 0 Å². The predicted octanol–water partition coefficient (Wildman–Crippen LogP) is -0.144. The molecule has 1 aliphatic heterocycles. The Morgan fingerprint density at radius 2 is 1.74 bits per heavy atom. The molecule has 0 fully saturated rings. The SMILES string of the molecule is COC(=O)/C(C1=C([O-])COC1=O)=C(\C(=O)OC)[n+]1ccc2ccccc2c1. The molecule has 0 amide bonds. The number of ether oxygens (including phenoxy) is 3. The van der Waals surface area contributed by atoms with E-state index < -0.39 is 41.4 Å². The number of nitrogens with zero attached hydrogens (tertiary/aromatic N) is 1. The molecular formula is C19H15NO7. The quantitative estimate of drug-likeness (QED) is 0.319. The first-order valence-corrected chi connectivity index (χ1v) is 7.87. The molecule has 2 aromatic rings. The summed E-state index contributed by atoms with van der Waals surface area (Å²) in [6.45, 7) is -0.508. The lowest BCUT2D eigenvalue weighted by Crippen LogP contribution is -2.39. The maximum atomic E-state index is 12.5. The van der Waals surface area contributed by atoms with Crippen LogP contribution in [0.2, 0.25) is 0 Å². The molecule has 27 heavy (non-hydrogen) atoms. The van der Waals surface area contributed by atoms with Gasteiger partial charge in [-0.3, -0.25) is 0 Å². The Bertz CT molecular complexity index is 1020. The molecule has 1 aromatic heterocycles. The van der Waals surface area contributed by atoms with Gasteiger partial charge < -0.3 is 19.3 Å². The molecule has 8 heteroatoms. The second kappa shape index (κ2) is 7.28. The smallest absolute Gasteiger partial charge is 0.404 e. The van der Waals surface area contributed by atoms with Crippen LogP contribution in [0.25, 0.3) is 16.5 Å². The van der Waals surface area contributed by atoms with Crippen molar-refractivity contribution < 1.29 is 38.3 Å². The molecule has 0 atom stereocenters. The van der Waals surface area contributed by atoms with E-state index >= 15 is 0 Å². The summed E-state index contributed by atoms with van der Waals surface area (Å²) in [6.07, 6.45) is 3.10. The maximum Gasteiger partial charge on any atom is 0.404 e. The number of cyclic esters (lactones) is 1. The molecule has 0 bridgehead atoms. The molecule has 3 rings (SSSR count). The normalized spacial score (nSPS) is 14.7. The zero-order chi connectivity index (χ0) is 19.6. The van der Waals surface area contributed by atoms with Crippen molar-refractivity contribution in [1.82, 2.24) is 0 Å². The molecule has 0 radical (unpaired) electrons. The van der Waals surface area contributed by atoms with E-state index in [-0.39, 0.29) is 5.70 Å². The first kappa shape index (κ1) is 18.1. The zero-order valence-corrected chi connectivity index (χ0v) is 14.6. The third kappa shape index (κ3) is 3.24. The fourth-order valence-corrected chi connectivity index (χ4v) is 2.76. The van der Waals surface area contributed by atoms with Gasteiger partial charge in [0.15, 0.2) is 18.0 Å². The topological polar surface area (TPSA) is 106 Å². The lowest BCUT2D eigenvalue weighted by molar-refractivity contribution is -0.577. The molecule has 138 valence electrons. The number of esters is 3. The van der Waals surface area contributed by atoms with Gasteiger partial charge in [-0.25, -0.2) is 14.4 Å². The van der Waals surface area contributed by atoms with E-state index in [9.17, 15) is 19.5 Å². The van der Waals surface area contributed by atoms with Crippen LogP contribution in [-0.4, -0.2) is 38.7 Å². The molecule has 1 aromatic carbocycles. The Morgan fingerprint density at radius 3 is 2.33 bits per heavy atom. The summed E-state index contributed by atoms with van der Waals surface area (Å²) in [5.74, 6) is -3.67. The highest BCUT2D eigenvalue weighted by Crippen LogP contribution is 2.25. The number of carbonyl (C=O) groups excluding carboxylic acids is 3. The Kier molecular flexibility index (Phi) is 4.89.